The molecule has 0 saturated carbocycles. The molecule has 1 amide bonds. The van der Waals surface area contributed by atoms with Gasteiger partial charge in [-0.2, -0.15) is 0 Å². The molecule has 3 N–H and O–H groups in total. The van der Waals surface area contributed by atoms with E-state index in [9.17, 15) is 9.59 Å². The Hall–Kier alpha value is -1.96. The number of nitrogens with zero attached hydrogens (tertiary/aromatic N) is 3. The molecule has 0 radical (unpaired) electrons. The average Bonchev–Trinajstić information content (AvgIpc) is 2.81. The van der Waals surface area contributed by atoms with Crippen molar-refractivity contribution in [1.29, 1.82) is 0 Å². The van der Waals surface area contributed by atoms with Gasteiger partial charge in [0, 0.05) is 12.5 Å². The summed E-state index contributed by atoms with van der Waals surface area (Å²) in [6.07, 6.45) is 1.24. The van der Waals surface area contributed by atoms with E-state index >= 15 is 0 Å². The van der Waals surface area contributed by atoms with Crippen LogP contribution in [0.4, 0.5) is 0 Å². The van der Waals surface area contributed by atoms with Gasteiger partial charge in [-0.1, -0.05) is 12.1 Å². The summed E-state index contributed by atoms with van der Waals surface area (Å²) < 4.78 is 6.01. The first kappa shape index (κ1) is 16.1. The first-order chi connectivity index (χ1) is 9.53. The summed E-state index contributed by atoms with van der Waals surface area (Å²) in [6, 6.07) is 0.0871. The van der Waals surface area contributed by atoms with Crippen LogP contribution in [0.1, 0.15) is 36.5 Å². The van der Waals surface area contributed by atoms with E-state index < -0.39 is 5.97 Å². The summed E-state index contributed by atoms with van der Waals surface area (Å²) in [5, 5.41) is 10.4. The second-order valence-corrected chi connectivity index (χ2v) is 4.45. The average molecular weight is 283 g/mol. The fourth-order valence-corrected chi connectivity index (χ4v) is 1.66. The van der Waals surface area contributed by atoms with E-state index in [0.717, 1.165) is 6.42 Å². The van der Waals surface area contributed by atoms with Crippen molar-refractivity contribution in [3.05, 3.63) is 11.4 Å². The number of methoxy groups -OCH3 is 1. The molecule has 1 atom stereocenters. The van der Waals surface area contributed by atoms with Gasteiger partial charge in [0.05, 0.1) is 12.8 Å². The van der Waals surface area contributed by atoms with Crippen molar-refractivity contribution >= 4 is 11.9 Å². The Bertz CT molecular complexity index is 472. The number of aromatic nitrogens is 3. The van der Waals surface area contributed by atoms with Crippen molar-refractivity contribution in [2.24, 2.45) is 5.73 Å². The number of ether oxygens (including phenoxy) is 1. The maximum absolute atomic E-state index is 11.8. The summed E-state index contributed by atoms with van der Waals surface area (Å²) in [4.78, 5) is 23.4. The molecule has 8 nitrogen and oxygen atoms in total. The number of nitrogens with two attached hydrogens (primary N) is 1. The Morgan fingerprint density at radius 3 is 2.75 bits per heavy atom. The van der Waals surface area contributed by atoms with Crippen LogP contribution in [0, 0.1) is 0 Å². The molecule has 0 aliphatic carbocycles. The van der Waals surface area contributed by atoms with Crippen molar-refractivity contribution in [2.75, 3.05) is 13.7 Å². The third kappa shape index (κ3) is 4.02. The highest BCUT2D eigenvalue weighted by molar-refractivity contribution is 5.88. The van der Waals surface area contributed by atoms with Gasteiger partial charge in [0.1, 0.15) is 6.54 Å². The number of esters is 1. The predicted molar refractivity (Wildman–Crippen MR) is 72.0 cm³/mol. The van der Waals surface area contributed by atoms with Crippen LogP contribution in [0.3, 0.4) is 0 Å². The maximum atomic E-state index is 11.8. The fraction of sp³-hybridized carbons (Fsp3) is 0.667. The molecule has 1 rings (SSSR count). The summed E-state index contributed by atoms with van der Waals surface area (Å²) in [5.41, 5.74) is 6.13. The summed E-state index contributed by atoms with van der Waals surface area (Å²) >= 11 is 0. The normalized spacial score (nSPS) is 12.0. The molecular weight excluding hydrogens is 262 g/mol. The van der Waals surface area contributed by atoms with E-state index in [4.69, 9.17) is 5.73 Å². The highest BCUT2D eigenvalue weighted by Gasteiger charge is 2.21. The third-order valence-corrected chi connectivity index (χ3v) is 2.91. The maximum Gasteiger partial charge on any atom is 0.360 e. The predicted octanol–water partition coefficient (Wildman–Crippen LogP) is -0.519. The topological polar surface area (TPSA) is 112 Å². The van der Waals surface area contributed by atoms with Gasteiger partial charge in [0.15, 0.2) is 5.69 Å². The molecule has 1 aromatic rings. The SMILES string of the molecule is CCC(C)NC(=O)Cn1nnc(C(=O)OC)c1CCN. The van der Waals surface area contributed by atoms with E-state index in [0.29, 0.717) is 18.7 Å². The minimum absolute atomic E-state index is 0.00364. The minimum atomic E-state index is -0.581. The fourth-order valence-electron chi connectivity index (χ4n) is 1.66. The van der Waals surface area contributed by atoms with E-state index in [1.807, 2.05) is 13.8 Å². The number of hydrogen-bond donors (Lipinski definition) is 2. The van der Waals surface area contributed by atoms with Crippen LogP contribution in [-0.2, 0) is 22.5 Å². The highest BCUT2D eigenvalue weighted by Crippen LogP contribution is 2.07. The van der Waals surface area contributed by atoms with E-state index in [1.165, 1.54) is 11.8 Å². The quantitative estimate of drug-likeness (QED) is 0.651. The van der Waals surface area contributed by atoms with E-state index in [1.54, 1.807) is 0 Å². The van der Waals surface area contributed by atoms with Crippen molar-refractivity contribution in [3.63, 3.8) is 0 Å². The number of carbonyl (C=O) groups excluding carboxylic acids is 2. The van der Waals surface area contributed by atoms with Crippen LogP contribution in [0.5, 0.6) is 0 Å². The second kappa shape index (κ2) is 7.59. The van der Waals surface area contributed by atoms with Gasteiger partial charge in [-0.15, -0.1) is 5.10 Å². The minimum Gasteiger partial charge on any atom is -0.464 e. The summed E-state index contributed by atoms with van der Waals surface area (Å²) in [6.45, 7) is 4.23. The van der Waals surface area contributed by atoms with E-state index in [2.05, 4.69) is 20.4 Å². The molecular formula is C12H21N5O3. The molecule has 0 spiro atoms. The Labute approximate surface area is 117 Å². The Morgan fingerprint density at radius 2 is 2.20 bits per heavy atom. The lowest BCUT2D eigenvalue weighted by atomic mass is 10.2. The molecule has 0 bridgehead atoms. The van der Waals surface area contributed by atoms with Gasteiger partial charge in [-0.3, -0.25) is 4.79 Å². The second-order valence-electron chi connectivity index (χ2n) is 4.45. The Kier molecular flexibility index (Phi) is 6.10. The zero-order chi connectivity index (χ0) is 15.1. The van der Waals surface area contributed by atoms with Crippen LogP contribution in [-0.4, -0.2) is 46.6 Å². The molecule has 0 aliphatic rings. The monoisotopic (exact) mass is 283 g/mol. The Morgan fingerprint density at radius 1 is 1.50 bits per heavy atom. The molecule has 20 heavy (non-hydrogen) atoms. The molecule has 1 heterocycles. The highest BCUT2D eigenvalue weighted by atomic mass is 16.5. The lowest BCUT2D eigenvalue weighted by Gasteiger charge is -2.12. The van der Waals surface area contributed by atoms with Crippen LogP contribution < -0.4 is 11.1 Å². The summed E-state index contributed by atoms with van der Waals surface area (Å²) in [7, 11) is 1.27. The molecule has 8 heteroatoms. The lowest BCUT2D eigenvalue weighted by Crippen LogP contribution is -2.35. The van der Waals surface area contributed by atoms with Crippen LogP contribution in [0.25, 0.3) is 0 Å². The summed E-state index contributed by atoms with van der Waals surface area (Å²) in [5.74, 6) is -0.763. The van der Waals surface area contributed by atoms with Gasteiger partial charge >= 0.3 is 5.97 Å². The molecule has 0 aromatic carbocycles. The lowest BCUT2D eigenvalue weighted by molar-refractivity contribution is -0.122. The van der Waals surface area contributed by atoms with Crippen LogP contribution >= 0.6 is 0 Å². The van der Waals surface area contributed by atoms with Gasteiger partial charge in [-0.25, -0.2) is 9.48 Å². The largest absolute Gasteiger partial charge is 0.464 e. The van der Waals surface area contributed by atoms with Crippen LogP contribution in [0.2, 0.25) is 0 Å². The number of nitrogens with one attached hydrogen (secondary N) is 1. The molecule has 1 unspecified atom stereocenters. The first-order valence-electron chi connectivity index (χ1n) is 6.53. The van der Waals surface area contributed by atoms with Crippen molar-refractivity contribution in [1.82, 2.24) is 20.3 Å². The molecule has 0 fully saturated rings. The van der Waals surface area contributed by atoms with Gasteiger partial charge < -0.3 is 15.8 Å². The molecule has 1 aromatic heterocycles. The standard InChI is InChI=1S/C12H21N5O3/c1-4-8(2)14-10(18)7-17-9(5-6-13)11(15-16-17)12(19)20-3/h8H,4-7,13H2,1-3H3,(H,14,18). The smallest absolute Gasteiger partial charge is 0.360 e. The number of amides is 1. The zero-order valence-corrected chi connectivity index (χ0v) is 12.0. The van der Waals surface area contributed by atoms with Crippen LogP contribution in [0.15, 0.2) is 0 Å². The third-order valence-electron chi connectivity index (χ3n) is 2.91. The van der Waals surface area contributed by atoms with Gasteiger partial charge in [0.2, 0.25) is 5.91 Å². The zero-order valence-electron chi connectivity index (χ0n) is 12.0. The Balaban J connectivity index is 2.86. The number of rotatable bonds is 7. The molecule has 112 valence electrons. The molecule has 0 aliphatic heterocycles. The van der Waals surface area contributed by atoms with Gasteiger partial charge in [-0.05, 0) is 19.9 Å². The van der Waals surface area contributed by atoms with Crippen molar-refractivity contribution in [3.8, 4) is 0 Å². The number of carbonyl (C=O) groups is 2. The molecule has 0 saturated heterocycles. The van der Waals surface area contributed by atoms with Crippen molar-refractivity contribution < 1.29 is 14.3 Å². The van der Waals surface area contributed by atoms with Crippen molar-refractivity contribution in [2.45, 2.75) is 39.3 Å². The first-order valence-corrected chi connectivity index (χ1v) is 6.53. The van der Waals surface area contributed by atoms with E-state index in [-0.39, 0.29) is 24.2 Å². The van der Waals surface area contributed by atoms with Gasteiger partial charge in [0.25, 0.3) is 0 Å². The number of hydrogen-bond acceptors (Lipinski definition) is 6.